The van der Waals surface area contributed by atoms with Gasteiger partial charge in [0.1, 0.15) is 7.28 Å². The van der Waals surface area contributed by atoms with Gasteiger partial charge in [0.25, 0.3) is 0 Å². The van der Waals surface area contributed by atoms with E-state index in [4.69, 9.17) is 4.74 Å². The molecule has 3 atom stereocenters. The smallest absolute Gasteiger partial charge is 0.146 e. The summed E-state index contributed by atoms with van der Waals surface area (Å²) in [5.41, 5.74) is 0.0372. The van der Waals surface area contributed by atoms with Crippen molar-refractivity contribution in [3.63, 3.8) is 0 Å². The largest absolute Gasteiger partial charge is 0.380 e. The summed E-state index contributed by atoms with van der Waals surface area (Å²) in [4.78, 5) is 0. The zero-order chi connectivity index (χ0) is 14.3. The lowest BCUT2D eigenvalue weighted by molar-refractivity contribution is -0.124. The summed E-state index contributed by atoms with van der Waals surface area (Å²) in [6.07, 6.45) is 3.34. The molecule has 107 valence electrons. The Kier molecular flexibility index (Phi) is 8.26. The third-order valence-corrected chi connectivity index (χ3v) is 4.34. The fourth-order valence-corrected chi connectivity index (χ4v) is 2.88. The highest BCUT2D eigenvalue weighted by Gasteiger charge is 2.39. The maximum Gasteiger partial charge on any atom is 0.146 e. The third kappa shape index (κ3) is 4.95. The molecule has 0 spiro atoms. The average Bonchev–Trinajstić information content (AvgIpc) is 2.32. The van der Waals surface area contributed by atoms with Crippen LogP contribution in [0.15, 0.2) is 0 Å². The van der Waals surface area contributed by atoms with Gasteiger partial charge in [0.05, 0.1) is 5.60 Å². The SMILES string of the molecule is C[B]C(CC)OC(CC)(CC(C)C)C(C)C(C)C. The van der Waals surface area contributed by atoms with Crippen molar-refractivity contribution in [3.05, 3.63) is 0 Å². The molecule has 0 aliphatic rings. The zero-order valence-corrected chi connectivity index (χ0v) is 13.9. The summed E-state index contributed by atoms with van der Waals surface area (Å²) in [6.45, 7) is 18.2. The van der Waals surface area contributed by atoms with Crippen LogP contribution in [0.4, 0.5) is 0 Å². The molecule has 0 aliphatic carbocycles. The first-order valence-electron chi connectivity index (χ1n) is 7.80. The maximum absolute atomic E-state index is 6.56. The second-order valence-corrected chi connectivity index (χ2v) is 6.45. The Labute approximate surface area is 116 Å². The van der Waals surface area contributed by atoms with Gasteiger partial charge in [0, 0.05) is 6.00 Å². The fraction of sp³-hybridized carbons (Fsp3) is 1.00. The molecule has 0 bridgehead atoms. The molecule has 0 rings (SSSR count). The second-order valence-electron chi connectivity index (χ2n) is 6.45. The number of ether oxygens (including phenoxy) is 1. The van der Waals surface area contributed by atoms with Gasteiger partial charge < -0.3 is 4.74 Å². The van der Waals surface area contributed by atoms with E-state index in [1.165, 1.54) is 0 Å². The lowest BCUT2D eigenvalue weighted by atomic mass is 9.70. The minimum absolute atomic E-state index is 0.0372. The molecule has 0 aliphatic heterocycles. The molecule has 0 aromatic heterocycles. The van der Waals surface area contributed by atoms with Crippen LogP contribution >= 0.6 is 0 Å². The van der Waals surface area contributed by atoms with E-state index in [0.717, 1.165) is 19.3 Å². The molecule has 0 fully saturated rings. The van der Waals surface area contributed by atoms with Crippen LogP contribution in [0.25, 0.3) is 0 Å². The van der Waals surface area contributed by atoms with Crippen molar-refractivity contribution in [2.75, 3.05) is 0 Å². The molecule has 0 saturated carbocycles. The zero-order valence-electron chi connectivity index (χ0n) is 13.9. The van der Waals surface area contributed by atoms with Crippen LogP contribution in [-0.2, 0) is 4.74 Å². The van der Waals surface area contributed by atoms with Gasteiger partial charge in [-0.15, -0.1) is 0 Å². The summed E-state index contributed by atoms with van der Waals surface area (Å²) < 4.78 is 6.56. The minimum Gasteiger partial charge on any atom is -0.380 e. The molecule has 0 heterocycles. The summed E-state index contributed by atoms with van der Waals surface area (Å²) in [6, 6.07) is 0.296. The van der Waals surface area contributed by atoms with Gasteiger partial charge in [-0.3, -0.25) is 0 Å². The van der Waals surface area contributed by atoms with Crippen LogP contribution in [0, 0.1) is 17.8 Å². The van der Waals surface area contributed by atoms with Crippen LogP contribution in [0.2, 0.25) is 6.82 Å². The van der Waals surface area contributed by atoms with Crippen molar-refractivity contribution in [1.82, 2.24) is 0 Å². The first-order chi connectivity index (χ1) is 8.32. The van der Waals surface area contributed by atoms with Crippen molar-refractivity contribution in [2.45, 2.75) is 86.2 Å². The van der Waals surface area contributed by atoms with Gasteiger partial charge in [-0.05, 0) is 37.0 Å². The van der Waals surface area contributed by atoms with Crippen LogP contribution in [0.3, 0.4) is 0 Å². The van der Waals surface area contributed by atoms with Gasteiger partial charge in [-0.1, -0.05) is 55.3 Å². The molecule has 0 N–H and O–H groups in total. The first-order valence-corrected chi connectivity index (χ1v) is 7.80. The number of hydrogen-bond donors (Lipinski definition) is 0. The summed E-state index contributed by atoms with van der Waals surface area (Å²) in [5.74, 6) is 1.94. The highest BCUT2D eigenvalue weighted by molar-refractivity contribution is 6.35. The van der Waals surface area contributed by atoms with E-state index in [-0.39, 0.29) is 5.60 Å². The van der Waals surface area contributed by atoms with Gasteiger partial charge in [0.15, 0.2) is 0 Å². The Morgan fingerprint density at radius 2 is 1.61 bits per heavy atom. The predicted octanol–water partition coefficient (Wildman–Crippen LogP) is 4.98. The number of rotatable bonds is 9. The Hall–Kier alpha value is 0.0249. The Bertz CT molecular complexity index is 211. The molecule has 3 unspecified atom stereocenters. The quantitative estimate of drug-likeness (QED) is 0.527. The first kappa shape index (κ1) is 18.0. The van der Waals surface area contributed by atoms with Crippen LogP contribution in [0.1, 0.15) is 67.7 Å². The van der Waals surface area contributed by atoms with Crippen molar-refractivity contribution >= 4 is 7.28 Å². The molecule has 18 heavy (non-hydrogen) atoms. The van der Waals surface area contributed by atoms with Crippen molar-refractivity contribution in [3.8, 4) is 0 Å². The Morgan fingerprint density at radius 1 is 1.06 bits per heavy atom. The van der Waals surface area contributed by atoms with E-state index < -0.39 is 0 Å². The van der Waals surface area contributed by atoms with Gasteiger partial charge in [-0.2, -0.15) is 0 Å². The third-order valence-electron chi connectivity index (χ3n) is 4.34. The van der Waals surface area contributed by atoms with E-state index in [1.54, 1.807) is 0 Å². The normalized spacial score (nSPS) is 18.8. The fourth-order valence-electron chi connectivity index (χ4n) is 2.88. The van der Waals surface area contributed by atoms with E-state index in [2.05, 4.69) is 62.6 Å². The molecule has 0 saturated heterocycles. The van der Waals surface area contributed by atoms with Crippen molar-refractivity contribution < 1.29 is 4.74 Å². The highest BCUT2D eigenvalue weighted by atomic mass is 16.5. The molecule has 1 radical (unpaired) electrons. The molecular weight excluding hydrogens is 219 g/mol. The average molecular weight is 253 g/mol. The number of hydrogen-bond acceptors (Lipinski definition) is 1. The van der Waals surface area contributed by atoms with E-state index in [0.29, 0.717) is 23.8 Å². The van der Waals surface area contributed by atoms with Gasteiger partial charge in [0.2, 0.25) is 0 Å². The van der Waals surface area contributed by atoms with Crippen LogP contribution in [-0.4, -0.2) is 18.9 Å². The summed E-state index contributed by atoms with van der Waals surface area (Å²) >= 11 is 0. The molecule has 2 heteroatoms. The predicted molar refractivity (Wildman–Crippen MR) is 83.3 cm³/mol. The molecule has 1 nitrogen and oxygen atoms in total. The Balaban J connectivity index is 5.08. The standard InChI is InChI=1S/C16H34BO/c1-9-15(17-8)18-16(10-2,11-12(3)4)14(7)13(5)6/h12-15H,9-11H2,1-8H3. The van der Waals surface area contributed by atoms with E-state index in [9.17, 15) is 0 Å². The summed E-state index contributed by atoms with van der Waals surface area (Å²) in [5, 5.41) is 0. The van der Waals surface area contributed by atoms with Crippen molar-refractivity contribution in [2.24, 2.45) is 17.8 Å². The monoisotopic (exact) mass is 253 g/mol. The van der Waals surface area contributed by atoms with Gasteiger partial charge >= 0.3 is 0 Å². The maximum atomic E-state index is 6.56. The minimum atomic E-state index is 0.0372. The Morgan fingerprint density at radius 3 is 1.89 bits per heavy atom. The van der Waals surface area contributed by atoms with Crippen LogP contribution < -0.4 is 0 Å². The molecule has 0 aromatic carbocycles. The summed E-state index contributed by atoms with van der Waals surface area (Å²) in [7, 11) is 2.21. The van der Waals surface area contributed by atoms with E-state index >= 15 is 0 Å². The van der Waals surface area contributed by atoms with Crippen molar-refractivity contribution in [1.29, 1.82) is 0 Å². The van der Waals surface area contributed by atoms with Crippen LogP contribution in [0.5, 0.6) is 0 Å². The molecule has 0 aromatic rings. The van der Waals surface area contributed by atoms with E-state index in [1.807, 2.05) is 0 Å². The second kappa shape index (κ2) is 8.25. The lowest BCUT2D eigenvalue weighted by Gasteiger charge is -2.44. The highest BCUT2D eigenvalue weighted by Crippen LogP contribution is 2.38. The molecule has 0 amide bonds. The lowest BCUT2D eigenvalue weighted by Crippen LogP contribution is -2.46. The van der Waals surface area contributed by atoms with Gasteiger partial charge in [-0.25, -0.2) is 0 Å². The topological polar surface area (TPSA) is 9.23 Å². The molecular formula is C16H34BO.